The Balaban J connectivity index is 1.55. The third kappa shape index (κ3) is 4.99. The molecule has 0 fully saturated rings. The summed E-state index contributed by atoms with van der Waals surface area (Å²) in [6.45, 7) is 3.61. The number of hydrogen-bond donors (Lipinski definition) is 3. The summed E-state index contributed by atoms with van der Waals surface area (Å²) in [5.74, 6) is 1.00. The van der Waals surface area contributed by atoms with Crippen molar-refractivity contribution in [1.82, 2.24) is 19.5 Å². The van der Waals surface area contributed by atoms with E-state index < -0.39 is 5.91 Å². The molecule has 1 amide bonds. The molecule has 0 aliphatic carbocycles. The Morgan fingerprint density at radius 2 is 2.00 bits per heavy atom. The normalized spacial score (nSPS) is 12.6. The van der Waals surface area contributed by atoms with E-state index in [-0.39, 0.29) is 0 Å². The molecular formula is C25H32N6O. The van der Waals surface area contributed by atoms with Gasteiger partial charge in [0.25, 0.3) is 0 Å². The molecule has 7 nitrogen and oxygen atoms in total. The number of carbonyl (C=O) groups is 1. The molecule has 2 aromatic heterocycles. The Kier molecular flexibility index (Phi) is 6.85. The number of imidazole rings is 2. The molecule has 7 heteroatoms. The number of benzene rings is 2. The van der Waals surface area contributed by atoms with E-state index in [1.807, 2.05) is 24.5 Å². The topological polar surface area (TPSA) is 116 Å². The standard InChI is InChI=1S/C25H32N6O/c1-2-3-4-5-6-18(12-24-29-20-9-7-17(14-26)11-21(20)30-24)15-31-16-28-22-13-19(25(27)32)8-10-23(22)31/h7-11,13,16,18H,2-6,12,14-15,26H2,1H3,(H2,27,32)(H,29,30). The number of aromatic nitrogens is 4. The van der Waals surface area contributed by atoms with Gasteiger partial charge in [0.05, 0.1) is 28.4 Å². The molecule has 5 N–H and O–H groups in total. The summed E-state index contributed by atoms with van der Waals surface area (Å²) >= 11 is 0. The minimum absolute atomic E-state index is 0.426. The van der Waals surface area contributed by atoms with Gasteiger partial charge in [0, 0.05) is 25.1 Å². The number of nitrogens with zero attached hydrogens (tertiary/aromatic N) is 3. The lowest BCUT2D eigenvalue weighted by molar-refractivity contribution is 0.100. The number of hydrogen-bond acceptors (Lipinski definition) is 4. The number of amides is 1. The molecule has 0 aliphatic rings. The van der Waals surface area contributed by atoms with Gasteiger partial charge in [-0.2, -0.15) is 0 Å². The molecular weight excluding hydrogens is 400 g/mol. The van der Waals surface area contributed by atoms with Crippen LogP contribution in [0.2, 0.25) is 0 Å². The smallest absolute Gasteiger partial charge is 0.248 e. The first-order valence-electron chi connectivity index (χ1n) is 11.5. The summed E-state index contributed by atoms with van der Waals surface area (Å²) in [5.41, 5.74) is 16.6. The van der Waals surface area contributed by atoms with Gasteiger partial charge in [-0.15, -0.1) is 0 Å². The van der Waals surface area contributed by atoms with Crippen molar-refractivity contribution in [3.8, 4) is 0 Å². The van der Waals surface area contributed by atoms with Crippen LogP contribution in [-0.2, 0) is 19.5 Å². The lowest BCUT2D eigenvalue weighted by Crippen LogP contribution is -2.14. The molecule has 4 rings (SSSR count). The van der Waals surface area contributed by atoms with Crippen molar-refractivity contribution in [3.05, 3.63) is 59.7 Å². The van der Waals surface area contributed by atoms with E-state index >= 15 is 0 Å². The van der Waals surface area contributed by atoms with Gasteiger partial charge in [-0.05, 0) is 48.2 Å². The zero-order chi connectivity index (χ0) is 22.5. The molecule has 4 aromatic rings. The van der Waals surface area contributed by atoms with E-state index in [2.05, 4.69) is 27.5 Å². The van der Waals surface area contributed by atoms with E-state index in [0.717, 1.165) is 52.8 Å². The number of aromatic amines is 1. The maximum absolute atomic E-state index is 11.5. The Labute approximate surface area is 188 Å². The Morgan fingerprint density at radius 3 is 2.78 bits per heavy atom. The highest BCUT2D eigenvalue weighted by atomic mass is 16.1. The number of primary amides is 1. The first kappa shape index (κ1) is 22.0. The number of nitrogens with one attached hydrogen (secondary N) is 1. The highest BCUT2D eigenvalue weighted by Crippen LogP contribution is 2.23. The van der Waals surface area contributed by atoms with E-state index in [1.54, 1.807) is 12.1 Å². The number of carbonyl (C=O) groups excluding carboxylic acids is 1. The van der Waals surface area contributed by atoms with Crippen LogP contribution in [0.3, 0.4) is 0 Å². The van der Waals surface area contributed by atoms with Crippen molar-refractivity contribution < 1.29 is 4.79 Å². The van der Waals surface area contributed by atoms with Crippen molar-refractivity contribution in [2.75, 3.05) is 0 Å². The fraction of sp³-hybridized carbons (Fsp3) is 0.400. The summed E-state index contributed by atoms with van der Waals surface area (Å²) in [4.78, 5) is 24.3. The first-order chi connectivity index (χ1) is 15.6. The second-order valence-electron chi connectivity index (χ2n) is 8.62. The van der Waals surface area contributed by atoms with E-state index in [4.69, 9.17) is 16.5 Å². The van der Waals surface area contributed by atoms with Crippen molar-refractivity contribution >= 4 is 28.0 Å². The lowest BCUT2D eigenvalue weighted by atomic mass is 9.96. The number of nitrogens with two attached hydrogens (primary N) is 2. The predicted molar refractivity (Wildman–Crippen MR) is 128 cm³/mol. The van der Waals surface area contributed by atoms with Gasteiger partial charge in [0.15, 0.2) is 0 Å². The second-order valence-corrected chi connectivity index (χ2v) is 8.62. The molecule has 0 saturated carbocycles. The van der Waals surface area contributed by atoms with Crippen LogP contribution in [-0.4, -0.2) is 25.4 Å². The van der Waals surface area contributed by atoms with Crippen LogP contribution in [0.5, 0.6) is 0 Å². The summed E-state index contributed by atoms with van der Waals surface area (Å²) < 4.78 is 2.18. The highest BCUT2D eigenvalue weighted by Gasteiger charge is 2.16. The molecule has 0 bridgehead atoms. The predicted octanol–water partition coefficient (Wildman–Crippen LogP) is 4.30. The molecule has 0 saturated heterocycles. The quantitative estimate of drug-likeness (QED) is 0.306. The fourth-order valence-electron chi connectivity index (χ4n) is 4.37. The molecule has 1 unspecified atom stereocenters. The number of unbranched alkanes of at least 4 members (excludes halogenated alkanes) is 3. The van der Waals surface area contributed by atoms with Gasteiger partial charge in [0.1, 0.15) is 5.82 Å². The van der Waals surface area contributed by atoms with Crippen molar-refractivity contribution in [1.29, 1.82) is 0 Å². The monoisotopic (exact) mass is 432 g/mol. The summed E-state index contributed by atoms with van der Waals surface area (Å²) in [5, 5.41) is 0. The SMILES string of the molecule is CCCCCCC(Cc1nc2ccc(CN)cc2[nH]1)Cn1cnc2cc(C(N)=O)ccc21. The van der Waals surface area contributed by atoms with Crippen LogP contribution in [0.4, 0.5) is 0 Å². The van der Waals surface area contributed by atoms with Gasteiger partial charge in [0.2, 0.25) is 5.91 Å². The molecule has 168 valence electrons. The Bertz CT molecular complexity index is 1210. The van der Waals surface area contributed by atoms with E-state index in [1.165, 1.54) is 25.7 Å². The second kappa shape index (κ2) is 9.96. The molecule has 2 aromatic carbocycles. The van der Waals surface area contributed by atoms with Gasteiger partial charge in [-0.25, -0.2) is 9.97 Å². The zero-order valence-electron chi connectivity index (χ0n) is 18.7. The Hall–Kier alpha value is -3.19. The van der Waals surface area contributed by atoms with E-state index in [0.29, 0.717) is 18.0 Å². The van der Waals surface area contributed by atoms with Crippen molar-refractivity contribution in [2.24, 2.45) is 17.4 Å². The average Bonchev–Trinajstić information content (AvgIpc) is 3.38. The summed E-state index contributed by atoms with van der Waals surface area (Å²) in [6.07, 6.45) is 8.81. The fourth-order valence-corrected chi connectivity index (χ4v) is 4.37. The van der Waals surface area contributed by atoms with Gasteiger partial charge < -0.3 is 21.0 Å². The van der Waals surface area contributed by atoms with Crippen molar-refractivity contribution in [3.63, 3.8) is 0 Å². The van der Waals surface area contributed by atoms with Gasteiger partial charge in [-0.1, -0.05) is 38.7 Å². The van der Waals surface area contributed by atoms with E-state index in [9.17, 15) is 4.79 Å². The average molecular weight is 433 g/mol. The molecule has 1 atom stereocenters. The minimum atomic E-state index is -0.432. The Morgan fingerprint density at radius 1 is 1.12 bits per heavy atom. The number of fused-ring (bicyclic) bond motifs is 2. The van der Waals surface area contributed by atoms with Crippen LogP contribution in [0.1, 0.15) is 60.8 Å². The lowest BCUT2D eigenvalue weighted by Gasteiger charge is -2.17. The van der Waals surface area contributed by atoms with Crippen LogP contribution in [0.15, 0.2) is 42.7 Å². The molecule has 0 spiro atoms. The molecule has 0 radical (unpaired) electrons. The van der Waals surface area contributed by atoms with Crippen molar-refractivity contribution in [2.45, 2.75) is 58.5 Å². The number of H-pyrrole nitrogens is 1. The highest BCUT2D eigenvalue weighted by molar-refractivity contribution is 5.96. The number of rotatable bonds is 11. The summed E-state index contributed by atoms with van der Waals surface area (Å²) in [6, 6.07) is 11.6. The van der Waals surface area contributed by atoms with Crippen LogP contribution in [0, 0.1) is 5.92 Å². The van der Waals surface area contributed by atoms with Crippen LogP contribution >= 0.6 is 0 Å². The molecule has 0 aliphatic heterocycles. The first-order valence-corrected chi connectivity index (χ1v) is 11.5. The largest absolute Gasteiger partial charge is 0.366 e. The minimum Gasteiger partial charge on any atom is -0.366 e. The molecule has 2 heterocycles. The van der Waals surface area contributed by atoms with Gasteiger partial charge >= 0.3 is 0 Å². The maximum atomic E-state index is 11.5. The maximum Gasteiger partial charge on any atom is 0.248 e. The third-order valence-electron chi connectivity index (χ3n) is 6.14. The summed E-state index contributed by atoms with van der Waals surface area (Å²) in [7, 11) is 0. The molecule has 32 heavy (non-hydrogen) atoms. The van der Waals surface area contributed by atoms with Gasteiger partial charge in [-0.3, -0.25) is 4.79 Å². The zero-order valence-corrected chi connectivity index (χ0v) is 18.7. The van der Waals surface area contributed by atoms with Crippen LogP contribution < -0.4 is 11.5 Å². The van der Waals surface area contributed by atoms with Crippen LogP contribution in [0.25, 0.3) is 22.1 Å². The third-order valence-corrected chi connectivity index (χ3v) is 6.14.